The Hall–Kier alpha value is -2.09. The van der Waals surface area contributed by atoms with E-state index >= 15 is 0 Å². The second-order valence-electron chi connectivity index (χ2n) is 7.92. The van der Waals surface area contributed by atoms with E-state index in [0.29, 0.717) is 18.5 Å². The van der Waals surface area contributed by atoms with Gasteiger partial charge in [0.15, 0.2) is 0 Å². The van der Waals surface area contributed by atoms with Gasteiger partial charge in [-0.05, 0) is 42.2 Å². The van der Waals surface area contributed by atoms with Gasteiger partial charge in [0.25, 0.3) is 0 Å². The lowest BCUT2D eigenvalue weighted by Crippen LogP contribution is -2.49. The van der Waals surface area contributed by atoms with Crippen molar-refractivity contribution in [3.8, 4) is 0 Å². The molecule has 2 N–H and O–H groups in total. The summed E-state index contributed by atoms with van der Waals surface area (Å²) in [6.07, 6.45) is 2.86. The number of benzene rings is 1. The fourth-order valence-electron chi connectivity index (χ4n) is 3.56. The Bertz CT molecular complexity index is 782. The highest BCUT2D eigenvalue weighted by Crippen LogP contribution is 2.22. The minimum Gasteiger partial charge on any atom is -0.379 e. The van der Waals surface area contributed by atoms with Crippen molar-refractivity contribution >= 4 is 23.5 Å². The summed E-state index contributed by atoms with van der Waals surface area (Å²) in [5.74, 6) is 1.39. The van der Waals surface area contributed by atoms with Crippen LogP contribution in [-0.2, 0) is 10.5 Å². The summed E-state index contributed by atoms with van der Waals surface area (Å²) in [6.45, 7) is 8.48. The van der Waals surface area contributed by atoms with Gasteiger partial charge in [-0.2, -0.15) is 0 Å². The quantitative estimate of drug-likeness (QED) is 0.585. The summed E-state index contributed by atoms with van der Waals surface area (Å²) in [6, 6.07) is 14.1. The monoisotopic (exact) mass is 428 g/mol. The predicted molar refractivity (Wildman–Crippen MR) is 123 cm³/mol. The topological polar surface area (TPSA) is 66.5 Å². The largest absolute Gasteiger partial charge is 0.379 e. The Morgan fingerprint density at radius 3 is 2.77 bits per heavy atom. The normalized spacial score (nSPS) is 15.7. The number of carbonyl (C=O) groups excluding carboxylic acids is 1. The molecule has 0 radical (unpaired) electrons. The maximum Gasteiger partial charge on any atom is 0.319 e. The Morgan fingerprint density at radius 1 is 1.20 bits per heavy atom. The predicted octanol–water partition coefficient (Wildman–Crippen LogP) is 4.24. The van der Waals surface area contributed by atoms with Crippen molar-refractivity contribution in [2.45, 2.75) is 37.1 Å². The Morgan fingerprint density at radius 2 is 2.03 bits per heavy atom. The van der Waals surface area contributed by atoms with E-state index in [0.717, 1.165) is 54.8 Å². The first-order valence-corrected chi connectivity index (χ1v) is 11.6. The zero-order valence-electron chi connectivity index (χ0n) is 17.8. The number of hydrogen-bond donors (Lipinski definition) is 2. The van der Waals surface area contributed by atoms with Crippen molar-refractivity contribution in [2.75, 3.05) is 38.2 Å². The number of nitrogens with zero attached hydrogens (tertiary/aromatic N) is 2. The molecule has 1 fully saturated rings. The molecular formula is C23H32N4O2S. The van der Waals surface area contributed by atoms with E-state index in [1.165, 1.54) is 0 Å². The molecule has 3 rings (SSSR count). The molecule has 1 saturated heterocycles. The summed E-state index contributed by atoms with van der Waals surface area (Å²) in [7, 11) is 0. The van der Waals surface area contributed by atoms with E-state index in [-0.39, 0.29) is 6.03 Å². The van der Waals surface area contributed by atoms with Gasteiger partial charge in [-0.1, -0.05) is 32.0 Å². The lowest BCUT2D eigenvalue weighted by molar-refractivity contribution is 0.0130. The van der Waals surface area contributed by atoms with Gasteiger partial charge in [-0.3, -0.25) is 4.90 Å². The first kappa shape index (κ1) is 22.6. The first-order chi connectivity index (χ1) is 14.6. The number of ether oxygens (including phenoxy) is 1. The van der Waals surface area contributed by atoms with Crippen LogP contribution in [0.2, 0.25) is 0 Å². The van der Waals surface area contributed by atoms with E-state index in [1.54, 1.807) is 18.0 Å². The molecule has 1 aliphatic rings. The minimum absolute atomic E-state index is 0.161. The molecule has 7 heteroatoms. The zero-order valence-corrected chi connectivity index (χ0v) is 18.7. The van der Waals surface area contributed by atoms with Gasteiger partial charge in [0.05, 0.1) is 18.2 Å². The lowest BCUT2D eigenvalue weighted by Gasteiger charge is -2.35. The molecule has 1 aromatic heterocycles. The zero-order chi connectivity index (χ0) is 21.2. The Kier molecular flexibility index (Phi) is 8.99. The standard InChI is InChI=1S/C23H32N4O2S/c1-18(2)14-21(27-10-12-29-13-11-27)16-25-23(28)26-20-7-5-6-19(15-20)17-30-22-8-3-4-9-24-22/h3-9,15,18,21H,10-14,16-17H2,1-2H3,(H2,25,26,28)/t21-/m1/s1. The molecule has 0 saturated carbocycles. The van der Waals surface area contributed by atoms with Crippen LogP contribution in [0.1, 0.15) is 25.8 Å². The molecule has 2 amide bonds. The van der Waals surface area contributed by atoms with Crippen LogP contribution < -0.4 is 10.6 Å². The average Bonchev–Trinajstić information content (AvgIpc) is 2.76. The molecular weight excluding hydrogens is 396 g/mol. The lowest BCUT2D eigenvalue weighted by atomic mass is 10.0. The van der Waals surface area contributed by atoms with Gasteiger partial charge in [-0.15, -0.1) is 11.8 Å². The number of hydrogen-bond acceptors (Lipinski definition) is 5. The molecule has 30 heavy (non-hydrogen) atoms. The van der Waals surface area contributed by atoms with E-state index in [2.05, 4.69) is 40.4 Å². The SMILES string of the molecule is CC(C)C[C@H](CNC(=O)Nc1cccc(CSc2ccccn2)c1)N1CCOCC1. The second kappa shape index (κ2) is 11.9. The highest BCUT2D eigenvalue weighted by atomic mass is 32.2. The van der Waals surface area contributed by atoms with Gasteiger partial charge >= 0.3 is 6.03 Å². The number of thioether (sulfide) groups is 1. The molecule has 0 bridgehead atoms. The molecule has 0 unspecified atom stereocenters. The third-order valence-electron chi connectivity index (χ3n) is 5.01. The number of aromatic nitrogens is 1. The van der Waals surface area contributed by atoms with Gasteiger partial charge in [0.1, 0.15) is 0 Å². The highest BCUT2D eigenvalue weighted by Gasteiger charge is 2.22. The van der Waals surface area contributed by atoms with Crippen LogP contribution >= 0.6 is 11.8 Å². The van der Waals surface area contributed by atoms with Crippen molar-refractivity contribution < 1.29 is 9.53 Å². The van der Waals surface area contributed by atoms with Crippen molar-refractivity contribution in [1.82, 2.24) is 15.2 Å². The summed E-state index contributed by atoms with van der Waals surface area (Å²) in [5, 5.41) is 7.03. The fourth-order valence-corrected chi connectivity index (χ4v) is 4.37. The van der Waals surface area contributed by atoms with E-state index in [1.807, 2.05) is 36.4 Å². The van der Waals surface area contributed by atoms with Gasteiger partial charge < -0.3 is 15.4 Å². The number of pyridine rings is 1. The van der Waals surface area contributed by atoms with Crippen LogP contribution in [0, 0.1) is 5.92 Å². The van der Waals surface area contributed by atoms with Crippen LogP contribution in [0.4, 0.5) is 10.5 Å². The van der Waals surface area contributed by atoms with Crippen molar-refractivity contribution in [3.05, 3.63) is 54.2 Å². The number of nitrogens with one attached hydrogen (secondary N) is 2. The third kappa shape index (κ3) is 7.63. The van der Waals surface area contributed by atoms with Crippen LogP contribution in [0.5, 0.6) is 0 Å². The van der Waals surface area contributed by atoms with Crippen LogP contribution in [0.15, 0.2) is 53.7 Å². The molecule has 162 valence electrons. The molecule has 2 heterocycles. The van der Waals surface area contributed by atoms with Crippen LogP contribution in [0.3, 0.4) is 0 Å². The maximum absolute atomic E-state index is 12.5. The third-order valence-corrected chi connectivity index (χ3v) is 6.03. The van der Waals surface area contributed by atoms with Crippen molar-refractivity contribution in [2.24, 2.45) is 5.92 Å². The minimum atomic E-state index is -0.161. The number of morpholine rings is 1. The van der Waals surface area contributed by atoms with Gasteiger partial charge in [0, 0.05) is 43.3 Å². The van der Waals surface area contributed by atoms with Crippen LogP contribution in [-0.4, -0.2) is 54.8 Å². The fraction of sp³-hybridized carbons (Fsp3) is 0.478. The summed E-state index contributed by atoms with van der Waals surface area (Å²) in [4.78, 5) is 19.3. The molecule has 0 aliphatic carbocycles. The molecule has 1 atom stereocenters. The number of anilines is 1. The van der Waals surface area contributed by atoms with Crippen molar-refractivity contribution in [1.29, 1.82) is 0 Å². The molecule has 1 aromatic carbocycles. The smallest absolute Gasteiger partial charge is 0.319 e. The maximum atomic E-state index is 12.5. The Balaban J connectivity index is 1.49. The molecule has 1 aliphatic heterocycles. The highest BCUT2D eigenvalue weighted by molar-refractivity contribution is 7.98. The van der Waals surface area contributed by atoms with Gasteiger partial charge in [0.2, 0.25) is 0 Å². The van der Waals surface area contributed by atoms with Crippen LogP contribution in [0.25, 0.3) is 0 Å². The summed E-state index contributed by atoms with van der Waals surface area (Å²) < 4.78 is 5.47. The van der Waals surface area contributed by atoms with E-state index < -0.39 is 0 Å². The summed E-state index contributed by atoms with van der Waals surface area (Å²) >= 11 is 1.68. The van der Waals surface area contributed by atoms with E-state index in [4.69, 9.17) is 4.74 Å². The molecule has 2 aromatic rings. The number of urea groups is 1. The van der Waals surface area contributed by atoms with Crippen molar-refractivity contribution in [3.63, 3.8) is 0 Å². The summed E-state index contributed by atoms with van der Waals surface area (Å²) in [5.41, 5.74) is 1.95. The molecule has 6 nitrogen and oxygen atoms in total. The Labute approximate surface area is 183 Å². The number of rotatable bonds is 9. The molecule has 0 spiro atoms. The number of carbonyl (C=O) groups is 1. The van der Waals surface area contributed by atoms with E-state index in [9.17, 15) is 4.79 Å². The number of amides is 2. The average molecular weight is 429 g/mol. The first-order valence-electron chi connectivity index (χ1n) is 10.6. The second-order valence-corrected chi connectivity index (χ2v) is 8.92. The van der Waals surface area contributed by atoms with Gasteiger partial charge in [-0.25, -0.2) is 9.78 Å².